The van der Waals surface area contributed by atoms with Gasteiger partial charge in [-0.1, -0.05) is 25.5 Å². The maximum absolute atomic E-state index is 12.7. The summed E-state index contributed by atoms with van der Waals surface area (Å²) in [6.07, 6.45) is 2.52. The molecule has 1 N–H and O–H groups in total. The van der Waals surface area contributed by atoms with Gasteiger partial charge in [0, 0.05) is 20.0 Å². The van der Waals surface area contributed by atoms with Gasteiger partial charge in [0.05, 0.1) is 19.1 Å². The smallest absolute Gasteiger partial charge is 0.311 e. The summed E-state index contributed by atoms with van der Waals surface area (Å²) < 4.78 is 10.4. The number of carbonyl (C=O) groups is 3. The van der Waals surface area contributed by atoms with Crippen LogP contribution in [0.25, 0.3) is 0 Å². The Labute approximate surface area is 160 Å². The average Bonchev–Trinajstić information content (AvgIpc) is 2.70. The van der Waals surface area contributed by atoms with E-state index < -0.39 is 17.9 Å². The number of likely N-dealkylation sites (N-methyl/N-ethyl adjacent to an activating group) is 1. The van der Waals surface area contributed by atoms with E-state index >= 15 is 0 Å². The maximum Gasteiger partial charge on any atom is 0.311 e. The summed E-state index contributed by atoms with van der Waals surface area (Å²) >= 11 is 0. The van der Waals surface area contributed by atoms with E-state index in [4.69, 9.17) is 9.47 Å². The molecule has 27 heavy (non-hydrogen) atoms. The van der Waals surface area contributed by atoms with Gasteiger partial charge in [0.2, 0.25) is 5.91 Å². The lowest BCUT2D eigenvalue weighted by atomic mass is 9.84. The molecule has 7 heteroatoms. The topological polar surface area (TPSA) is 84.9 Å². The van der Waals surface area contributed by atoms with Crippen molar-refractivity contribution in [2.75, 3.05) is 27.3 Å². The Morgan fingerprint density at radius 1 is 1.26 bits per heavy atom. The van der Waals surface area contributed by atoms with Crippen molar-refractivity contribution in [3.63, 3.8) is 0 Å². The number of carbonyl (C=O) groups excluding carboxylic acids is 3. The van der Waals surface area contributed by atoms with E-state index in [9.17, 15) is 14.4 Å². The number of esters is 1. The van der Waals surface area contributed by atoms with Gasteiger partial charge in [-0.15, -0.1) is 0 Å². The Kier molecular flexibility index (Phi) is 7.64. The molecule has 0 unspecified atom stereocenters. The summed E-state index contributed by atoms with van der Waals surface area (Å²) in [5, 5.41) is 2.43. The number of hydrogen-bond donors (Lipinski definition) is 1. The minimum atomic E-state index is -0.502. The van der Waals surface area contributed by atoms with Gasteiger partial charge < -0.3 is 19.7 Å². The Hall–Kier alpha value is -2.57. The Bertz CT molecular complexity index is 659. The predicted molar refractivity (Wildman–Crippen MR) is 100 cm³/mol. The molecule has 1 fully saturated rings. The second-order valence-corrected chi connectivity index (χ2v) is 6.58. The molecule has 0 saturated carbocycles. The van der Waals surface area contributed by atoms with Crippen LogP contribution in [0, 0.1) is 5.92 Å². The van der Waals surface area contributed by atoms with Gasteiger partial charge in [0.1, 0.15) is 5.75 Å². The van der Waals surface area contributed by atoms with E-state index in [1.807, 2.05) is 24.3 Å². The summed E-state index contributed by atoms with van der Waals surface area (Å²) in [6.45, 7) is 2.33. The quantitative estimate of drug-likeness (QED) is 0.702. The zero-order valence-corrected chi connectivity index (χ0v) is 16.2. The molecule has 1 saturated heterocycles. The fourth-order valence-corrected chi connectivity index (χ4v) is 3.32. The molecule has 7 nitrogen and oxygen atoms in total. The first-order valence-corrected chi connectivity index (χ1v) is 9.32. The fraction of sp³-hybridized carbons (Fsp3) is 0.550. The van der Waals surface area contributed by atoms with Crippen molar-refractivity contribution >= 4 is 17.8 Å². The third kappa shape index (κ3) is 5.21. The zero-order valence-electron chi connectivity index (χ0n) is 16.2. The molecule has 0 aromatic heterocycles. The average molecular weight is 376 g/mol. The number of likely N-dealkylation sites (tertiary alicyclic amines) is 1. The molecule has 0 aliphatic carbocycles. The number of nitrogens with zero attached hydrogens (tertiary/aromatic N) is 1. The highest BCUT2D eigenvalue weighted by molar-refractivity contribution is 5.84. The number of unbranched alkanes of at least 4 members (excludes halogenated alkanes) is 1. The fourth-order valence-electron chi connectivity index (χ4n) is 3.32. The number of piperidine rings is 1. The third-order valence-corrected chi connectivity index (χ3v) is 4.84. The van der Waals surface area contributed by atoms with Crippen molar-refractivity contribution in [3.8, 4) is 5.75 Å². The van der Waals surface area contributed by atoms with Crippen LogP contribution in [0.5, 0.6) is 5.75 Å². The van der Waals surface area contributed by atoms with E-state index in [-0.39, 0.29) is 18.4 Å². The summed E-state index contributed by atoms with van der Waals surface area (Å²) in [5.74, 6) is -0.565. The van der Waals surface area contributed by atoms with Crippen molar-refractivity contribution in [1.29, 1.82) is 0 Å². The molecule has 2 rings (SSSR count). The van der Waals surface area contributed by atoms with Crippen LogP contribution in [0.1, 0.15) is 44.2 Å². The second kappa shape index (κ2) is 9.94. The molecule has 1 aliphatic rings. The summed E-state index contributed by atoms with van der Waals surface area (Å²) in [5.41, 5.74) is 0.863. The second-order valence-electron chi connectivity index (χ2n) is 6.58. The SMILES string of the molecule is CCCCN1C(=O)CC[C@@H](C(=O)OCC(=O)NC)[C@H]1c1ccc(OC)cc1. The van der Waals surface area contributed by atoms with Crippen molar-refractivity contribution in [2.45, 2.75) is 38.6 Å². The van der Waals surface area contributed by atoms with Gasteiger partial charge in [-0.2, -0.15) is 0 Å². The number of methoxy groups -OCH3 is 1. The number of benzene rings is 1. The largest absolute Gasteiger partial charge is 0.497 e. The minimum Gasteiger partial charge on any atom is -0.497 e. The lowest BCUT2D eigenvalue weighted by molar-refractivity contribution is -0.159. The van der Waals surface area contributed by atoms with Crippen LogP contribution in [-0.2, 0) is 19.1 Å². The predicted octanol–water partition coefficient (Wildman–Crippen LogP) is 2.06. The minimum absolute atomic E-state index is 0.0413. The molecule has 1 aliphatic heterocycles. The molecule has 1 heterocycles. The monoisotopic (exact) mass is 376 g/mol. The van der Waals surface area contributed by atoms with E-state index in [2.05, 4.69) is 12.2 Å². The van der Waals surface area contributed by atoms with Gasteiger partial charge in [-0.05, 0) is 30.5 Å². The standard InChI is InChI=1S/C20H28N2O5/c1-4-5-12-22-18(24)11-10-16(20(25)27-13-17(23)21-2)19(22)14-6-8-15(26-3)9-7-14/h6-9,16,19H,4-5,10-13H2,1-3H3,(H,21,23)/t16-,19-/m1/s1. The number of nitrogens with one attached hydrogen (secondary N) is 1. The van der Waals surface area contributed by atoms with Gasteiger partial charge in [-0.3, -0.25) is 14.4 Å². The molecule has 148 valence electrons. The van der Waals surface area contributed by atoms with Crippen LogP contribution in [-0.4, -0.2) is 50.0 Å². The molecule has 0 radical (unpaired) electrons. The number of ether oxygens (including phenoxy) is 2. The molecule has 2 atom stereocenters. The van der Waals surface area contributed by atoms with E-state index in [0.29, 0.717) is 25.1 Å². The first kappa shape index (κ1) is 20.7. The lowest BCUT2D eigenvalue weighted by Gasteiger charge is -2.40. The molecule has 2 amide bonds. The van der Waals surface area contributed by atoms with E-state index in [1.54, 1.807) is 12.0 Å². The maximum atomic E-state index is 12.7. The van der Waals surface area contributed by atoms with Gasteiger partial charge >= 0.3 is 5.97 Å². The van der Waals surface area contributed by atoms with Crippen LogP contribution < -0.4 is 10.1 Å². The highest BCUT2D eigenvalue weighted by atomic mass is 16.5. The molecule has 1 aromatic carbocycles. The number of rotatable bonds is 8. The van der Waals surface area contributed by atoms with Crippen LogP contribution in [0.2, 0.25) is 0 Å². The highest BCUT2D eigenvalue weighted by Crippen LogP contribution is 2.38. The van der Waals surface area contributed by atoms with Crippen molar-refractivity contribution in [1.82, 2.24) is 10.2 Å². The normalized spacial score (nSPS) is 19.5. The molecule has 1 aromatic rings. The summed E-state index contributed by atoms with van der Waals surface area (Å²) in [4.78, 5) is 38.4. The van der Waals surface area contributed by atoms with Crippen molar-refractivity contribution in [3.05, 3.63) is 29.8 Å². The molecule has 0 bridgehead atoms. The Morgan fingerprint density at radius 3 is 2.56 bits per heavy atom. The summed E-state index contributed by atoms with van der Waals surface area (Å²) in [6, 6.07) is 6.99. The summed E-state index contributed by atoms with van der Waals surface area (Å²) in [7, 11) is 3.08. The zero-order chi connectivity index (χ0) is 19.8. The van der Waals surface area contributed by atoms with Crippen molar-refractivity contribution in [2.24, 2.45) is 5.92 Å². The van der Waals surface area contributed by atoms with Gasteiger partial charge in [-0.25, -0.2) is 0 Å². The Balaban J connectivity index is 2.29. The number of hydrogen-bond acceptors (Lipinski definition) is 5. The first-order valence-electron chi connectivity index (χ1n) is 9.32. The van der Waals surface area contributed by atoms with Crippen LogP contribution in [0.3, 0.4) is 0 Å². The van der Waals surface area contributed by atoms with Gasteiger partial charge in [0.15, 0.2) is 6.61 Å². The first-order chi connectivity index (χ1) is 13.0. The van der Waals surface area contributed by atoms with Crippen LogP contribution >= 0.6 is 0 Å². The van der Waals surface area contributed by atoms with Crippen LogP contribution in [0.4, 0.5) is 0 Å². The van der Waals surface area contributed by atoms with E-state index in [0.717, 1.165) is 18.4 Å². The molecular weight excluding hydrogens is 348 g/mol. The van der Waals surface area contributed by atoms with Crippen LogP contribution in [0.15, 0.2) is 24.3 Å². The van der Waals surface area contributed by atoms with Gasteiger partial charge in [0.25, 0.3) is 5.91 Å². The van der Waals surface area contributed by atoms with Crippen molar-refractivity contribution < 1.29 is 23.9 Å². The Morgan fingerprint density at radius 2 is 1.96 bits per heavy atom. The molecule has 0 spiro atoms. The highest BCUT2D eigenvalue weighted by Gasteiger charge is 2.41. The lowest BCUT2D eigenvalue weighted by Crippen LogP contribution is -2.46. The number of amides is 2. The third-order valence-electron chi connectivity index (χ3n) is 4.84. The molecular formula is C20H28N2O5. The van der Waals surface area contributed by atoms with E-state index in [1.165, 1.54) is 7.05 Å².